The molecule has 1 aromatic heterocycles. The summed E-state index contributed by atoms with van der Waals surface area (Å²) in [4.78, 5) is 12.6. The predicted octanol–water partition coefficient (Wildman–Crippen LogP) is 2.68. The lowest BCUT2D eigenvalue weighted by atomic mass is 9.90. The number of aryl methyl sites for hydroxylation is 1. The number of aromatic nitrogens is 2. The Morgan fingerprint density at radius 2 is 2.15 bits per heavy atom. The second-order valence-corrected chi connectivity index (χ2v) is 5.88. The molecule has 6 nitrogen and oxygen atoms in total. The maximum atomic E-state index is 12.6. The summed E-state index contributed by atoms with van der Waals surface area (Å²) in [5, 5.41) is 9.95. The van der Waals surface area contributed by atoms with Crippen LogP contribution >= 0.6 is 12.4 Å². The van der Waals surface area contributed by atoms with Crippen molar-refractivity contribution in [2.75, 3.05) is 18.4 Å². The first kappa shape index (κ1) is 20.1. The van der Waals surface area contributed by atoms with Crippen LogP contribution in [0.1, 0.15) is 11.5 Å². The highest BCUT2D eigenvalue weighted by atomic mass is 35.5. The average molecular weight is 391 g/mol. The third kappa shape index (κ3) is 4.89. The quantitative estimate of drug-likeness (QED) is 0.842. The molecule has 1 aliphatic heterocycles. The van der Waals surface area contributed by atoms with E-state index in [-0.39, 0.29) is 41.6 Å². The van der Waals surface area contributed by atoms with E-state index in [1.807, 2.05) is 6.20 Å². The summed E-state index contributed by atoms with van der Waals surface area (Å²) in [7, 11) is 1.80. The first-order valence-electron chi connectivity index (χ1n) is 7.68. The van der Waals surface area contributed by atoms with Gasteiger partial charge in [-0.05, 0) is 17.7 Å². The van der Waals surface area contributed by atoms with Crippen LogP contribution in [0.4, 0.5) is 18.9 Å². The van der Waals surface area contributed by atoms with Crippen LogP contribution in [0.15, 0.2) is 36.7 Å². The molecule has 3 rings (SSSR count). The van der Waals surface area contributed by atoms with Crippen LogP contribution in [-0.2, 0) is 11.8 Å². The highest BCUT2D eigenvalue weighted by Crippen LogP contribution is 2.30. The lowest BCUT2D eigenvalue weighted by Crippen LogP contribution is -2.28. The number of nitrogens with zero attached hydrogens (tertiary/aromatic N) is 2. The maximum Gasteiger partial charge on any atom is 0.573 e. The first-order valence-corrected chi connectivity index (χ1v) is 7.68. The lowest BCUT2D eigenvalue weighted by molar-refractivity contribution is -0.274. The second-order valence-electron chi connectivity index (χ2n) is 5.88. The zero-order valence-corrected chi connectivity index (χ0v) is 14.6. The molecule has 142 valence electrons. The molecule has 0 unspecified atom stereocenters. The fourth-order valence-corrected chi connectivity index (χ4v) is 2.94. The molecule has 0 saturated carbocycles. The van der Waals surface area contributed by atoms with Crippen molar-refractivity contribution in [3.63, 3.8) is 0 Å². The molecule has 2 heterocycles. The number of carbonyl (C=O) groups excluding carboxylic acids is 1. The van der Waals surface area contributed by atoms with E-state index in [1.165, 1.54) is 18.2 Å². The Kier molecular flexibility index (Phi) is 6.14. The molecular formula is C16H18ClF3N4O2. The molecule has 0 spiro atoms. The van der Waals surface area contributed by atoms with E-state index in [0.717, 1.165) is 11.6 Å². The number of hydrogen-bond acceptors (Lipinski definition) is 4. The Balaban J connectivity index is 0.00000243. The zero-order valence-electron chi connectivity index (χ0n) is 13.8. The van der Waals surface area contributed by atoms with E-state index < -0.39 is 6.36 Å². The molecule has 26 heavy (non-hydrogen) atoms. The van der Waals surface area contributed by atoms with Crippen LogP contribution in [0, 0.1) is 5.92 Å². The number of amides is 1. The van der Waals surface area contributed by atoms with Crippen LogP contribution in [0.2, 0.25) is 0 Å². The van der Waals surface area contributed by atoms with Crippen LogP contribution < -0.4 is 15.4 Å². The number of ether oxygens (including phenoxy) is 1. The number of rotatable bonds is 4. The monoisotopic (exact) mass is 390 g/mol. The molecule has 2 aromatic rings. The summed E-state index contributed by atoms with van der Waals surface area (Å²) in [5.74, 6) is -1.01. The maximum absolute atomic E-state index is 12.6. The van der Waals surface area contributed by atoms with Crippen LogP contribution in [0.3, 0.4) is 0 Å². The highest BCUT2D eigenvalue weighted by molar-refractivity contribution is 5.93. The summed E-state index contributed by atoms with van der Waals surface area (Å²) >= 11 is 0. The Hall–Kier alpha value is -2.26. The van der Waals surface area contributed by atoms with Crippen molar-refractivity contribution in [1.82, 2.24) is 15.1 Å². The predicted molar refractivity (Wildman–Crippen MR) is 91.3 cm³/mol. The van der Waals surface area contributed by atoms with Gasteiger partial charge in [0.2, 0.25) is 5.91 Å². The number of anilines is 1. The van der Waals surface area contributed by atoms with Crippen molar-refractivity contribution in [3.05, 3.63) is 42.2 Å². The molecule has 10 heteroatoms. The largest absolute Gasteiger partial charge is 0.573 e. The molecule has 0 radical (unpaired) electrons. The minimum absolute atomic E-state index is 0. The highest BCUT2D eigenvalue weighted by Gasteiger charge is 2.35. The van der Waals surface area contributed by atoms with Crippen molar-refractivity contribution in [2.24, 2.45) is 13.0 Å². The van der Waals surface area contributed by atoms with Gasteiger partial charge in [-0.25, -0.2) is 0 Å². The molecule has 0 bridgehead atoms. The van der Waals surface area contributed by atoms with Gasteiger partial charge in [-0.3, -0.25) is 9.48 Å². The van der Waals surface area contributed by atoms with Gasteiger partial charge in [-0.1, -0.05) is 6.07 Å². The van der Waals surface area contributed by atoms with Crippen molar-refractivity contribution in [1.29, 1.82) is 0 Å². The number of nitrogens with one attached hydrogen (secondary N) is 2. The number of hydrogen-bond donors (Lipinski definition) is 2. The lowest BCUT2D eigenvalue weighted by Gasteiger charge is -2.17. The molecule has 1 aromatic carbocycles. The van der Waals surface area contributed by atoms with E-state index in [9.17, 15) is 18.0 Å². The van der Waals surface area contributed by atoms with Gasteiger partial charge in [-0.2, -0.15) is 5.10 Å². The normalized spacial score (nSPS) is 19.7. The van der Waals surface area contributed by atoms with Gasteiger partial charge >= 0.3 is 6.36 Å². The third-order valence-corrected chi connectivity index (χ3v) is 4.04. The fourth-order valence-electron chi connectivity index (χ4n) is 2.94. The molecule has 1 amide bonds. The molecule has 1 aliphatic rings. The number of halogens is 4. The Morgan fingerprint density at radius 3 is 2.81 bits per heavy atom. The van der Waals surface area contributed by atoms with Gasteiger partial charge in [-0.15, -0.1) is 25.6 Å². The Morgan fingerprint density at radius 1 is 1.38 bits per heavy atom. The number of benzene rings is 1. The van der Waals surface area contributed by atoms with Crippen molar-refractivity contribution in [2.45, 2.75) is 12.3 Å². The van der Waals surface area contributed by atoms with E-state index >= 15 is 0 Å². The van der Waals surface area contributed by atoms with Gasteiger partial charge < -0.3 is 15.4 Å². The summed E-state index contributed by atoms with van der Waals surface area (Å²) < 4.78 is 42.4. The van der Waals surface area contributed by atoms with E-state index in [0.29, 0.717) is 13.1 Å². The van der Waals surface area contributed by atoms with Crippen LogP contribution in [0.25, 0.3) is 0 Å². The van der Waals surface area contributed by atoms with Crippen LogP contribution in [-0.4, -0.2) is 35.1 Å². The summed E-state index contributed by atoms with van der Waals surface area (Å²) in [6, 6.07) is 5.23. The first-order chi connectivity index (χ1) is 11.8. The van der Waals surface area contributed by atoms with Crippen LogP contribution in [0.5, 0.6) is 5.75 Å². The van der Waals surface area contributed by atoms with Crippen molar-refractivity contribution >= 4 is 24.0 Å². The second kappa shape index (κ2) is 7.96. The van der Waals surface area contributed by atoms with E-state index in [4.69, 9.17) is 0 Å². The topological polar surface area (TPSA) is 68.2 Å². The molecule has 2 atom stereocenters. The Labute approximate surface area is 154 Å². The van der Waals surface area contributed by atoms with Gasteiger partial charge in [0.05, 0.1) is 12.1 Å². The Bertz CT molecular complexity index is 766. The summed E-state index contributed by atoms with van der Waals surface area (Å²) in [6.07, 6.45) is -1.20. The number of carbonyl (C=O) groups is 1. The molecular weight excluding hydrogens is 373 g/mol. The van der Waals surface area contributed by atoms with Gasteiger partial charge in [0.25, 0.3) is 0 Å². The molecule has 1 saturated heterocycles. The third-order valence-electron chi connectivity index (χ3n) is 4.04. The standard InChI is InChI=1S/C16H17F3N4O2.ClH/c1-23-9-10(6-21-23)13-7-20-8-14(13)15(24)22-11-3-2-4-12(5-11)25-16(17,18)19;/h2-6,9,13-14,20H,7-8H2,1H3,(H,22,24);1H/t13-,14+;/m1./s1. The smallest absolute Gasteiger partial charge is 0.406 e. The fraction of sp³-hybridized carbons (Fsp3) is 0.375. The minimum atomic E-state index is -4.77. The van der Waals surface area contributed by atoms with E-state index in [1.54, 1.807) is 17.9 Å². The molecule has 0 aliphatic carbocycles. The van der Waals surface area contributed by atoms with Crippen molar-refractivity contribution < 1.29 is 22.7 Å². The zero-order chi connectivity index (χ0) is 18.0. The molecule has 1 fully saturated rings. The minimum Gasteiger partial charge on any atom is -0.406 e. The average Bonchev–Trinajstić information content (AvgIpc) is 3.14. The molecule has 2 N–H and O–H groups in total. The van der Waals surface area contributed by atoms with Crippen molar-refractivity contribution in [3.8, 4) is 5.75 Å². The summed E-state index contributed by atoms with van der Waals surface area (Å²) in [6.45, 7) is 1.13. The van der Waals surface area contributed by atoms with Gasteiger partial charge in [0.1, 0.15) is 5.75 Å². The summed E-state index contributed by atoms with van der Waals surface area (Å²) in [5.41, 5.74) is 1.20. The number of alkyl halides is 3. The SMILES string of the molecule is Cl.Cn1cc([C@H]2CNC[C@@H]2C(=O)Nc2cccc(OC(F)(F)F)c2)cn1. The van der Waals surface area contributed by atoms with E-state index in [2.05, 4.69) is 20.5 Å². The van der Waals surface area contributed by atoms with Gasteiger partial charge in [0, 0.05) is 44.0 Å². The van der Waals surface area contributed by atoms with Gasteiger partial charge in [0.15, 0.2) is 0 Å².